The Morgan fingerprint density at radius 3 is 1.00 bits per heavy atom. The Kier molecular flexibility index (Phi) is 23.9. The van der Waals surface area contributed by atoms with Crippen LogP contribution < -0.4 is 0 Å². The number of hydrogen-bond acceptors (Lipinski definition) is 12. The molecule has 0 fully saturated rings. The van der Waals surface area contributed by atoms with E-state index in [1.165, 1.54) is 32.9 Å². The molecule has 0 amide bonds. The van der Waals surface area contributed by atoms with Crippen molar-refractivity contribution in [3.63, 3.8) is 0 Å². The van der Waals surface area contributed by atoms with Gasteiger partial charge in [0.1, 0.15) is 18.9 Å². The zero-order valence-corrected chi connectivity index (χ0v) is 35.2. The van der Waals surface area contributed by atoms with Crippen LogP contribution >= 0.6 is 94.1 Å². The number of carbonyl (C=O) groups excluding carboxylic acids is 4. The Balaban J connectivity index is 0.000000280. The number of hydrogen-bond donors (Lipinski definition) is 0. The fraction of sp³-hybridized carbons (Fsp3) is 0.128. The first-order valence-electron chi connectivity index (χ1n) is 15.3. The molecular weight excluding hydrogens is 789 g/mol. The monoisotopic (exact) mass is 826 g/mol. The number of thioether (sulfide) groups is 8. The average molecular weight is 827 g/mol. The van der Waals surface area contributed by atoms with E-state index in [1.54, 1.807) is 71.7 Å². The van der Waals surface area contributed by atoms with Crippen molar-refractivity contribution in [2.24, 2.45) is 0 Å². The van der Waals surface area contributed by atoms with Gasteiger partial charge in [-0.2, -0.15) is 0 Å². The first kappa shape index (κ1) is 44.7. The van der Waals surface area contributed by atoms with E-state index >= 15 is 0 Å². The Hall–Kier alpha value is -2.42. The van der Waals surface area contributed by atoms with E-state index in [0.29, 0.717) is 0 Å². The molecule has 2 heterocycles. The van der Waals surface area contributed by atoms with Gasteiger partial charge < -0.3 is 0 Å². The highest BCUT2D eigenvalue weighted by atomic mass is 32.3. The van der Waals surface area contributed by atoms with Crippen LogP contribution in [-0.2, 0) is 0 Å². The van der Waals surface area contributed by atoms with Gasteiger partial charge in [0, 0.05) is 22.3 Å². The van der Waals surface area contributed by atoms with Crippen molar-refractivity contribution in [2.45, 2.75) is 13.8 Å². The molecule has 12 heteroatoms. The second-order valence-corrected chi connectivity index (χ2v) is 18.2. The lowest BCUT2D eigenvalue weighted by Crippen LogP contribution is -1.91. The standard InChI is InChI=1S/C16H14OS8.3C7H6O.C2H6/c1-18-11-12(19-2)23-15(22-11)16-24-13(20-3)14(25-16)21-10(17)9-7-5-4-6-8-9;3*8-6-7-4-2-1-3-5-7;1-2/h4-8H,1-3H3;3*1-6H;1-2H3. The molecule has 4 nitrogen and oxygen atoms in total. The number of aldehydes is 3. The van der Waals surface area contributed by atoms with Gasteiger partial charge in [0.25, 0.3) is 0 Å². The van der Waals surface area contributed by atoms with Crippen molar-refractivity contribution < 1.29 is 19.2 Å². The van der Waals surface area contributed by atoms with Crippen molar-refractivity contribution in [2.75, 3.05) is 18.8 Å². The SMILES string of the molecule is CC.CSC1=C(SC)SC(=C2SC(SC)=C(SC(=O)c3ccccc3)S2)S1.O=Cc1ccccc1.O=Cc1ccccc1.O=Cc1ccccc1. The fourth-order valence-electron chi connectivity index (χ4n) is 3.46. The minimum atomic E-state index is 0.112. The van der Waals surface area contributed by atoms with Gasteiger partial charge in [0.2, 0.25) is 5.12 Å². The third-order valence-corrected chi connectivity index (χ3v) is 16.8. The zero-order valence-electron chi connectivity index (χ0n) is 28.7. The third kappa shape index (κ3) is 16.4. The van der Waals surface area contributed by atoms with Crippen LogP contribution in [0.25, 0.3) is 0 Å². The smallest absolute Gasteiger partial charge is 0.224 e. The van der Waals surface area contributed by atoms with Gasteiger partial charge in [-0.15, -0.1) is 35.3 Å². The maximum Gasteiger partial charge on any atom is 0.224 e. The molecule has 4 aromatic carbocycles. The van der Waals surface area contributed by atoms with Crippen molar-refractivity contribution in [3.8, 4) is 0 Å². The van der Waals surface area contributed by atoms with E-state index in [4.69, 9.17) is 0 Å². The van der Waals surface area contributed by atoms with Crippen molar-refractivity contribution in [1.29, 1.82) is 0 Å². The number of carbonyl (C=O) groups is 4. The Morgan fingerprint density at radius 1 is 0.451 bits per heavy atom. The Labute approximate surface area is 336 Å². The van der Waals surface area contributed by atoms with Crippen molar-refractivity contribution >= 4 is 118 Å². The van der Waals surface area contributed by atoms with E-state index < -0.39 is 0 Å². The van der Waals surface area contributed by atoms with E-state index in [1.807, 2.05) is 146 Å². The molecule has 4 aromatic rings. The lowest BCUT2D eigenvalue weighted by Gasteiger charge is -2.03. The summed E-state index contributed by atoms with van der Waals surface area (Å²) in [6.45, 7) is 4.00. The summed E-state index contributed by atoms with van der Waals surface area (Å²) in [5, 5.41) is 0.112. The summed E-state index contributed by atoms with van der Waals surface area (Å²) in [6.07, 6.45) is 8.85. The second-order valence-electron chi connectivity index (χ2n) is 9.09. The average Bonchev–Trinajstić information content (AvgIpc) is 3.84. The van der Waals surface area contributed by atoms with Crippen LogP contribution in [0.2, 0.25) is 0 Å². The lowest BCUT2D eigenvalue weighted by atomic mass is 10.2. The second kappa shape index (κ2) is 27.2. The van der Waals surface area contributed by atoms with Crippen LogP contribution in [0.1, 0.15) is 55.3 Å². The molecule has 2 aliphatic rings. The minimum absolute atomic E-state index is 0.112. The highest BCUT2D eigenvalue weighted by molar-refractivity contribution is 8.46. The van der Waals surface area contributed by atoms with Crippen LogP contribution in [0.3, 0.4) is 0 Å². The van der Waals surface area contributed by atoms with Crippen LogP contribution in [0, 0.1) is 0 Å². The fourth-order valence-corrected chi connectivity index (χ4v) is 13.9. The molecule has 0 bridgehead atoms. The summed E-state index contributed by atoms with van der Waals surface area (Å²) >= 11 is 14.0. The van der Waals surface area contributed by atoms with Gasteiger partial charge in [-0.05, 0) is 30.5 Å². The number of rotatable bonds is 8. The normalized spacial score (nSPS) is 12.9. The molecule has 0 aliphatic carbocycles. The van der Waals surface area contributed by atoms with Gasteiger partial charge in [-0.3, -0.25) is 19.2 Å². The maximum atomic E-state index is 12.5. The third-order valence-electron chi connectivity index (χ3n) is 5.80. The van der Waals surface area contributed by atoms with E-state index in [2.05, 4.69) is 18.8 Å². The molecule has 0 aromatic heterocycles. The summed E-state index contributed by atoms with van der Waals surface area (Å²) in [5.41, 5.74) is 2.94. The summed E-state index contributed by atoms with van der Waals surface area (Å²) < 4.78 is 7.75. The zero-order chi connectivity index (χ0) is 37.3. The summed E-state index contributed by atoms with van der Waals surface area (Å²) in [6, 6.07) is 36.8. The highest BCUT2D eigenvalue weighted by Crippen LogP contribution is 2.65. The molecule has 0 atom stereocenters. The molecule has 0 radical (unpaired) electrons. The molecule has 266 valence electrons. The maximum absolute atomic E-state index is 12.5. The topological polar surface area (TPSA) is 68.3 Å². The molecule has 0 N–H and O–H groups in total. The van der Waals surface area contributed by atoms with Gasteiger partial charge in [-0.25, -0.2) is 0 Å². The molecule has 0 saturated carbocycles. The van der Waals surface area contributed by atoms with Gasteiger partial charge >= 0.3 is 0 Å². The van der Waals surface area contributed by atoms with E-state index in [-0.39, 0.29) is 5.12 Å². The predicted octanol–water partition coefficient (Wildman–Crippen LogP) is 13.5. The van der Waals surface area contributed by atoms with Crippen molar-refractivity contribution in [1.82, 2.24) is 0 Å². The predicted molar refractivity (Wildman–Crippen MR) is 237 cm³/mol. The summed E-state index contributed by atoms with van der Waals surface area (Å²) in [4.78, 5) is 42.6. The van der Waals surface area contributed by atoms with Crippen molar-refractivity contribution in [3.05, 3.63) is 169 Å². The van der Waals surface area contributed by atoms with Gasteiger partial charge in [0.15, 0.2) is 0 Å². The van der Waals surface area contributed by atoms with Crippen LogP contribution in [0.4, 0.5) is 0 Å². The van der Waals surface area contributed by atoms with Crippen LogP contribution in [0.5, 0.6) is 0 Å². The Morgan fingerprint density at radius 2 is 0.725 bits per heavy atom. The minimum Gasteiger partial charge on any atom is -0.298 e. The summed E-state index contributed by atoms with van der Waals surface area (Å²) in [7, 11) is 0. The molecule has 0 unspecified atom stereocenters. The van der Waals surface area contributed by atoms with Gasteiger partial charge in [0.05, 0.1) is 25.4 Å². The van der Waals surface area contributed by atoms with Crippen LogP contribution in [0.15, 0.2) is 147 Å². The first-order valence-corrected chi connectivity index (χ1v) is 23.1. The number of benzene rings is 4. The summed E-state index contributed by atoms with van der Waals surface area (Å²) in [5.74, 6) is 0. The molecular formula is C39H38O4S8. The van der Waals surface area contributed by atoms with E-state index in [0.717, 1.165) is 45.3 Å². The largest absolute Gasteiger partial charge is 0.298 e. The quantitative estimate of drug-likeness (QED) is 0.159. The molecule has 51 heavy (non-hydrogen) atoms. The lowest BCUT2D eigenvalue weighted by molar-refractivity contribution is 0.108. The molecule has 0 spiro atoms. The van der Waals surface area contributed by atoms with Crippen LogP contribution in [-0.4, -0.2) is 42.7 Å². The molecule has 6 rings (SSSR count). The molecule has 2 aliphatic heterocycles. The highest BCUT2D eigenvalue weighted by Gasteiger charge is 2.30. The molecule has 0 saturated heterocycles. The first-order chi connectivity index (χ1) is 25.0. The Bertz CT molecular complexity index is 1620. The van der Waals surface area contributed by atoms with E-state index in [9.17, 15) is 19.2 Å². The van der Waals surface area contributed by atoms with Gasteiger partial charge in [-0.1, -0.05) is 182 Å².